The highest BCUT2D eigenvalue weighted by molar-refractivity contribution is 9.10. The van der Waals surface area contributed by atoms with Gasteiger partial charge in [0.25, 0.3) is 5.91 Å². The molecule has 0 unspecified atom stereocenters. The molecular weight excluding hydrogens is 432 g/mol. The van der Waals surface area contributed by atoms with Crippen LogP contribution in [0.3, 0.4) is 0 Å². The van der Waals surface area contributed by atoms with Crippen molar-refractivity contribution in [2.24, 2.45) is 0 Å². The Morgan fingerprint density at radius 1 is 0.897 bits per heavy atom. The molecule has 0 bridgehead atoms. The normalized spacial score (nSPS) is 14.1. The molecule has 0 aromatic heterocycles. The van der Waals surface area contributed by atoms with E-state index in [1.165, 1.54) is 0 Å². The fraction of sp³-hybridized carbons (Fsp3) is 0.261. The molecule has 0 aliphatic carbocycles. The second-order valence-corrected chi connectivity index (χ2v) is 7.92. The van der Waals surface area contributed by atoms with Gasteiger partial charge in [0.05, 0.1) is 7.11 Å². The van der Waals surface area contributed by atoms with Crippen LogP contribution in [0.2, 0.25) is 0 Å². The number of piperazine rings is 1. The van der Waals surface area contributed by atoms with Gasteiger partial charge < -0.3 is 19.3 Å². The predicted octanol–water partition coefficient (Wildman–Crippen LogP) is 4.34. The van der Waals surface area contributed by atoms with Gasteiger partial charge in [0.2, 0.25) is 0 Å². The molecule has 5 nitrogen and oxygen atoms in total. The minimum Gasteiger partial charge on any atom is -0.497 e. The van der Waals surface area contributed by atoms with E-state index >= 15 is 0 Å². The molecule has 4 rings (SSSR count). The van der Waals surface area contributed by atoms with Gasteiger partial charge in [0.1, 0.15) is 11.5 Å². The van der Waals surface area contributed by atoms with Crippen molar-refractivity contribution in [3.05, 3.63) is 65.1 Å². The fourth-order valence-corrected chi connectivity index (χ4v) is 3.91. The van der Waals surface area contributed by atoms with Crippen LogP contribution in [0.5, 0.6) is 11.5 Å². The molecule has 1 amide bonds. The van der Waals surface area contributed by atoms with Crippen molar-refractivity contribution < 1.29 is 14.3 Å². The summed E-state index contributed by atoms with van der Waals surface area (Å²) in [5, 5.41) is 2.22. The summed E-state index contributed by atoms with van der Waals surface area (Å²) in [4.78, 5) is 16.7. The summed E-state index contributed by atoms with van der Waals surface area (Å²) in [6.07, 6.45) is 0. The lowest BCUT2D eigenvalue weighted by Crippen LogP contribution is -2.50. The number of carbonyl (C=O) groups is 1. The van der Waals surface area contributed by atoms with Gasteiger partial charge in [-0.2, -0.15) is 0 Å². The molecule has 3 aromatic rings. The molecule has 1 fully saturated rings. The summed E-state index contributed by atoms with van der Waals surface area (Å²) >= 11 is 3.48. The Labute approximate surface area is 178 Å². The number of anilines is 1. The molecule has 29 heavy (non-hydrogen) atoms. The van der Waals surface area contributed by atoms with E-state index < -0.39 is 0 Å². The first-order chi connectivity index (χ1) is 14.1. The van der Waals surface area contributed by atoms with E-state index in [9.17, 15) is 4.79 Å². The summed E-state index contributed by atoms with van der Waals surface area (Å²) in [6, 6.07) is 20.0. The molecule has 0 spiro atoms. The fourth-order valence-electron chi connectivity index (χ4n) is 3.53. The van der Waals surface area contributed by atoms with E-state index in [0.29, 0.717) is 18.8 Å². The van der Waals surface area contributed by atoms with Crippen LogP contribution < -0.4 is 14.4 Å². The Morgan fingerprint density at radius 3 is 2.28 bits per heavy atom. The second kappa shape index (κ2) is 8.74. The van der Waals surface area contributed by atoms with E-state index in [-0.39, 0.29) is 12.5 Å². The van der Waals surface area contributed by atoms with Crippen molar-refractivity contribution >= 4 is 38.3 Å². The summed E-state index contributed by atoms with van der Waals surface area (Å²) in [7, 11) is 1.67. The lowest BCUT2D eigenvalue weighted by Gasteiger charge is -2.36. The smallest absolute Gasteiger partial charge is 0.260 e. The third-order valence-electron chi connectivity index (χ3n) is 5.21. The number of methoxy groups -OCH3 is 1. The van der Waals surface area contributed by atoms with E-state index in [2.05, 4.69) is 39.0 Å². The first-order valence-corrected chi connectivity index (χ1v) is 10.4. The Morgan fingerprint density at radius 2 is 1.55 bits per heavy atom. The van der Waals surface area contributed by atoms with Crippen LogP contribution in [0.25, 0.3) is 10.8 Å². The average Bonchev–Trinajstić information content (AvgIpc) is 2.77. The van der Waals surface area contributed by atoms with Crippen LogP contribution in [0.15, 0.2) is 65.1 Å². The lowest BCUT2D eigenvalue weighted by atomic mass is 10.1. The second-order valence-electron chi connectivity index (χ2n) is 7.01. The zero-order valence-corrected chi connectivity index (χ0v) is 17.9. The van der Waals surface area contributed by atoms with Crippen LogP contribution in [-0.2, 0) is 4.79 Å². The largest absolute Gasteiger partial charge is 0.497 e. The van der Waals surface area contributed by atoms with Gasteiger partial charge in [-0.15, -0.1) is 0 Å². The van der Waals surface area contributed by atoms with Crippen LogP contribution >= 0.6 is 15.9 Å². The lowest BCUT2D eigenvalue weighted by molar-refractivity contribution is -0.133. The maximum atomic E-state index is 12.6. The third-order valence-corrected chi connectivity index (χ3v) is 5.70. The summed E-state index contributed by atoms with van der Waals surface area (Å²) in [6.45, 7) is 3.07. The van der Waals surface area contributed by atoms with Gasteiger partial charge >= 0.3 is 0 Å². The molecule has 0 saturated carbocycles. The molecular formula is C23H23BrN2O3. The van der Waals surface area contributed by atoms with Gasteiger partial charge in [-0.1, -0.05) is 28.1 Å². The van der Waals surface area contributed by atoms with Crippen LogP contribution in [-0.4, -0.2) is 50.7 Å². The summed E-state index contributed by atoms with van der Waals surface area (Å²) in [5.74, 6) is 1.58. The number of hydrogen-bond donors (Lipinski definition) is 0. The van der Waals surface area contributed by atoms with Crippen LogP contribution in [0.4, 0.5) is 5.69 Å². The number of amides is 1. The Kier molecular flexibility index (Phi) is 5.90. The number of ether oxygens (including phenoxy) is 2. The summed E-state index contributed by atoms with van der Waals surface area (Å²) in [5.41, 5.74) is 1.15. The molecule has 1 saturated heterocycles. The number of benzene rings is 3. The molecule has 0 N–H and O–H groups in total. The first kappa shape index (κ1) is 19.6. The quantitative estimate of drug-likeness (QED) is 0.574. The number of nitrogens with zero attached hydrogens (tertiary/aromatic N) is 2. The standard InChI is InChI=1S/C23H23BrN2O3/c1-28-21-8-5-20(6-9-21)25-10-12-26(13-11-25)23(27)16-29-22-7-3-17-14-19(24)4-2-18(17)15-22/h2-9,14-15H,10-13,16H2,1H3. The monoisotopic (exact) mass is 454 g/mol. The van der Waals surface area contributed by atoms with Crippen molar-refractivity contribution in [2.45, 2.75) is 0 Å². The van der Waals surface area contributed by atoms with Crippen molar-refractivity contribution in [1.82, 2.24) is 4.90 Å². The van der Waals surface area contributed by atoms with E-state index in [0.717, 1.165) is 39.8 Å². The number of carbonyl (C=O) groups excluding carboxylic acids is 1. The third kappa shape index (κ3) is 4.65. The van der Waals surface area contributed by atoms with E-state index in [1.807, 2.05) is 47.4 Å². The molecule has 1 aliphatic rings. The van der Waals surface area contributed by atoms with Gasteiger partial charge in [0.15, 0.2) is 6.61 Å². The first-order valence-electron chi connectivity index (χ1n) is 9.61. The number of rotatable bonds is 5. The van der Waals surface area contributed by atoms with Crippen molar-refractivity contribution in [3.63, 3.8) is 0 Å². The van der Waals surface area contributed by atoms with E-state index in [4.69, 9.17) is 9.47 Å². The van der Waals surface area contributed by atoms with Gasteiger partial charge in [-0.05, 0) is 59.3 Å². The van der Waals surface area contributed by atoms with Crippen LogP contribution in [0, 0.1) is 0 Å². The molecule has 3 aromatic carbocycles. The van der Waals surface area contributed by atoms with Crippen molar-refractivity contribution in [3.8, 4) is 11.5 Å². The molecule has 1 aliphatic heterocycles. The zero-order valence-electron chi connectivity index (χ0n) is 16.3. The molecule has 0 atom stereocenters. The van der Waals surface area contributed by atoms with Crippen molar-refractivity contribution in [2.75, 3.05) is 44.8 Å². The highest BCUT2D eigenvalue weighted by Crippen LogP contribution is 2.24. The zero-order chi connectivity index (χ0) is 20.2. The number of halogens is 1. The SMILES string of the molecule is COc1ccc(N2CCN(C(=O)COc3ccc4cc(Br)ccc4c3)CC2)cc1. The van der Waals surface area contributed by atoms with Gasteiger partial charge in [-0.3, -0.25) is 4.79 Å². The predicted molar refractivity (Wildman–Crippen MR) is 119 cm³/mol. The maximum absolute atomic E-state index is 12.6. The maximum Gasteiger partial charge on any atom is 0.260 e. The number of fused-ring (bicyclic) bond motifs is 1. The van der Waals surface area contributed by atoms with Gasteiger partial charge in [0, 0.05) is 36.3 Å². The Balaban J connectivity index is 1.30. The molecule has 0 radical (unpaired) electrons. The number of hydrogen-bond acceptors (Lipinski definition) is 4. The van der Waals surface area contributed by atoms with Crippen LogP contribution in [0.1, 0.15) is 0 Å². The van der Waals surface area contributed by atoms with Crippen molar-refractivity contribution in [1.29, 1.82) is 0 Å². The average molecular weight is 455 g/mol. The van der Waals surface area contributed by atoms with Gasteiger partial charge in [-0.25, -0.2) is 0 Å². The van der Waals surface area contributed by atoms with E-state index in [1.54, 1.807) is 7.11 Å². The molecule has 6 heteroatoms. The highest BCUT2D eigenvalue weighted by Gasteiger charge is 2.21. The Bertz CT molecular complexity index is 999. The topological polar surface area (TPSA) is 42.0 Å². The highest BCUT2D eigenvalue weighted by atomic mass is 79.9. The summed E-state index contributed by atoms with van der Waals surface area (Å²) < 4.78 is 12.0. The molecule has 1 heterocycles. The Hall–Kier alpha value is -2.73. The minimum atomic E-state index is 0.0234. The minimum absolute atomic E-state index is 0.0234. The molecule has 150 valence electrons.